The van der Waals surface area contributed by atoms with Gasteiger partial charge in [-0.1, -0.05) is 0 Å². The first-order valence-corrected chi connectivity index (χ1v) is 5.26. The topological polar surface area (TPSA) is 33.0 Å². The first-order valence-electron chi connectivity index (χ1n) is 5.26. The van der Waals surface area contributed by atoms with E-state index in [2.05, 4.69) is 0 Å². The van der Waals surface area contributed by atoms with E-state index in [1.807, 2.05) is 6.07 Å². The smallest absolute Gasteiger partial charge is 0.129 e. The van der Waals surface area contributed by atoms with Crippen molar-refractivity contribution in [3.63, 3.8) is 0 Å². The number of rotatable bonds is 3. The summed E-state index contributed by atoms with van der Waals surface area (Å²) in [6.45, 7) is -0.00696. The zero-order valence-corrected chi connectivity index (χ0v) is 9.36. The Kier molecular flexibility index (Phi) is 3.54. The lowest BCUT2D eigenvalue weighted by Crippen LogP contribution is -1.99. The van der Waals surface area contributed by atoms with E-state index in [9.17, 15) is 8.78 Å². The standard InChI is InChI=1S/C14H9F2NO/c15-12-2-4-13(5-3-12)18-9-11-7-10(8-17)1-6-14(11)16/h1-7H,9H2. The van der Waals surface area contributed by atoms with Gasteiger partial charge in [-0.25, -0.2) is 8.78 Å². The minimum atomic E-state index is -0.434. The molecule has 0 N–H and O–H groups in total. The van der Waals surface area contributed by atoms with Crippen LogP contribution in [-0.2, 0) is 6.61 Å². The van der Waals surface area contributed by atoms with Gasteiger partial charge in [0, 0.05) is 5.56 Å². The second-order valence-corrected chi connectivity index (χ2v) is 3.66. The molecule has 0 aliphatic heterocycles. The average Bonchev–Trinajstić information content (AvgIpc) is 2.40. The SMILES string of the molecule is N#Cc1ccc(F)c(COc2ccc(F)cc2)c1. The van der Waals surface area contributed by atoms with Crippen LogP contribution in [0.2, 0.25) is 0 Å². The fraction of sp³-hybridized carbons (Fsp3) is 0.0714. The summed E-state index contributed by atoms with van der Waals surface area (Å²) in [5, 5.41) is 8.71. The van der Waals surface area contributed by atoms with Gasteiger partial charge in [0.15, 0.2) is 0 Å². The maximum Gasteiger partial charge on any atom is 0.129 e. The molecule has 0 atom stereocenters. The second kappa shape index (κ2) is 5.28. The lowest BCUT2D eigenvalue weighted by molar-refractivity contribution is 0.299. The molecule has 0 heterocycles. The normalized spacial score (nSPS) is 9.83. The summed E-state index contributed by atoms with van der Waals surface area (Å²) in [7, 11) is 0. The monoisotopic (exact) mass is 245 g/mol. The number of nitrogens with zero attached hydrogens (tertiary/aromatic N) is 1. The summed E-state index contributed by atoms with van der Waals surface area (Å²) in [6, 6.07) is 11.4. The third-order valence-corrected chi connectivity index (χ3v) is 2.38. The molecule has 0 aliphatic carbocycles. The first kappa shape index (κ1) is 12.1. The van der Waals surface area contributed by atoms with Crippen molar-refractivity contribution in [1.82, 2.24) is 0 Å². The minimum absolute atomic E-state index is 0.00696. The molecule has 2 aromatic rings. The molecule has 2 rings (SSSR count). The van der Waals surface area contributed by atoms with Crippen LogP contribution in [0.3, 0.4) is 0 Å². The fourth-order valence-corrected chi connectivity index (χ4v) is 1.45. The van der Waals surface area contributed by atoms with Gasteiger partial charge in [0.2, 0.25) is 0 Å². The molecule has 0 bridgehead atoms. The van der Waals surface area contributed by atoms with Gasteiger partial charge in [-0.05, 0) is 42.5 Å². The van der Waals surface area contributed by atoms with Crippen molar-refractivity contribution in [3.05, 3.63) is 65.2 Å². The Hall–Kier alpha value is -2.41. The number of hydrogen-bond acceptors (Lipinski definition) is 2. The summed E-state index contributed by atoms with van der Waals surface area (Å²) in [6.07, 6.45) is 0. The highest BCUT2D eigenvalue weighted by Crippen LogP contribution is 2.16. The van der Waals surface area contributed by atoms with Gasteiger partial charge < -0.3 is 4.74 Å². The predicted molar refractivity (Wildman–Crippen MR) is 61.8 cm³/mol. The molecule has 90 valence electrons. The van der Waals surface area contributed by atoms with Gasteiger partial charge in [0.25, 0.3) is 0 Å². The third kappa shape index (κ3) is 2.83. The number of hydrogen-bond donors (Lipinski definition) is 0. The summed E-state index contributed by atoms with van der Waals surface area (Å²) in [4.78, 5) is 0. The van der Waals surface area contributed by atoms with Crippen molar-refractivity contribution >= 4 is 0 Å². The highest BCUT2D eigenvalue weighted by atomic mass is 19.1. The predicted octanol–water partition coefficient (Wildman–Crippen LogP) is 3.42. The Balaban J connectivity index is 2.10. The van der Waals surface area contributed by atoms with Crippen LogP contribution in [0.15, 0.2) is 42.5 Å². The van der Waals surface area contributed by atoms with Gasteiger partial charge in [0.05, 0.1) is 11.6 Å². The van der Waals surface area contributed by atoms with E-state index in [0.29, 0.717) is 16.9 Å². The van der Waals surface area contributed by atoms with E-state index in [4.69, 9.17) is 10.00 Å². The Morgan fingerprint density at radius 2 is 1.78 bits per heavy atom. The lowest BCUT2D eigenvalue weighted by Gasteiger charge is -2.07. The third-order valence-electron chi connectivity index (χ3n) is 2.38. The van der Waals surface area contributed by atoms with Gasteiger partial charge >= 0.3 is 0 Å². The van der Waals surface area contributed by atoms with Crippen LogP contribution in [0.4, 0.5) is 8.78 Å². The average molecular weight is 245 g/mol. The Morgan fingerprint density at radius 1 is 1.06 bits per heavy atom. The van der Waals surface area contributed by atoms with E-state index in [0.717, 1.165) is 0 Å². The second-order valence-electron chi connectivity index (χ2n) is 3.66. The van der Waals surface area contributed by atoms with Crippen LogP contribution >= 0.6 is 0 Å². The summed E-state index contributed by atoms with van der Waals surface area (Å²) < 4.78 is 31.4. The molecule has 0 amide bonds. The first-order chi connectivity index (χ1) is 8.69. The van der Waals surface area contributed by atoms with Crippen LogP contribution in [0.25, 0.3) is 0 Å². The number of benzene rings is 2. The molecule has 0 aliphatic rings. The zero-order valence-electron chi connectivity index (χ0n) is 9.36. The molecular formula is C14H9F2NO. The summed E-state index contributed by atoms with van der Waals surface area (Å²) >= 11 is 0. The zero-order chi connectivity index (χ0) is 13.0. The maximum absolute atomic E-state index is 13.4. The summed E-state index contributed by atoms with van der Waals surface area (Å²) in [5.41, 5.74) is 0.660. The van der Waals surface area contributed by atoms with Crippen molar-refractivity contribution in [2.75, 3.05) is 0 Å². The van der Waals surface area contributed by atoms with Crippen LogP contribution in [0.5, 0.6) is 5.75 Å². The van der Waals surface area contributed by atoms with Gasteiger partial charge in [-0.15, -0.1) is 0 Å². The molecule has 0 fully saturated rings. The van der Waals surface area contributed by atoms with Crippen LogP contribution < -0.4 is 4.74 Å². The molecule has 0 spiro atoms. The van der Waals surface area contributed by atoms with Crippen molar-refractivity contribution in [2.45, 2.75) is 6.61 Å². The van der Waals surface area contributed by atoms with Crippen molar-refractivity contribution in [2.24, 2.45) is 0 Å². The van der Waals surface area contributed by atoms with E-state index in [1.165, 1.54) is 42.5 Å². The van der Waals surface area contributed by atoms with Gasteiger partial charge in [-0.3, -0.25) is 0 Å². The lowest BCUT2D eigenvalue weighted by atomic mass is 10.1. The molecule has 18 heavy (non-hydrogen) atoms. The molecule has 2 aromatic carbocycles. The fourth-order valence-electron chi connectivity index (χ4n) is 1.45. The van der Waals surface area contributed by atoms with E-state index >= 15 is 0 Å². The maximum atomic E-state index is 13.4. The highest BCUT2D eigenvalue weighted by Gasteiger charge is 2.04. The Labute approximate surface area is 103 Å². The van der Waals surface area contributed by atoms with Gasteiger partial charge in [-0.2, -0.15) is 5.26 Å². The molecule has 0 aromatic heterocycles. The molecule has 0 saturated heterocycles. The molecule has 0 unspecified atom stereocenters. The number of halogens is 2. The van der Waals surface area contributed by atoms with Crippen LogP contribution in [0.1, 0.15) is 11.1 Å². The number of ether oxygens (including phenoxy) is 1. The molecular weight excluding hydrogens is 236 g/mol. The van der Waals surface area contributed by atoms with E-state index < -0.39 is 5.82 Å². The largest absolute Gasteiger partial charge is 0.489 e. The van der Waals surface area contributed by atoms with Crippen molar-refractivity contribution < 1.29 is 13.5 Å². The van der Waals surface area contributed by atoms with Crippen molar-refractivity contribution in [1.29, 1.82) is 5.26 Å². The molecule has 4 heteroatoms. The van der Waals surface area contributed by atoms with E-state index in [-0.39, 0.29) is 12.4 Å². The number of nitriles is 1. The quantitative estimate of drug-likeness (QED) is 0.830. The minimum Gasteiger partial charge on any atom is -0.489 e. The highest BCUT2D eigenvalue weighted by molar-refractivity contribution is 5.34. The Morgan fingerprint density at radius 3 is 2.44 bits per heavy atom. The Bertz CT molecular complexity index is 588. The molecule has 2 nitrogen and oxygen atoms in total. The molecule has 0 saturated carbocycles. The van der Waals surface area contributed by atoms with Crippen molar-refractivity contribution in [3.8, 4) is 11.8 Å². The summed E-state index contributed by atoms with van der Waals surface area (Å²) in [5.74, 6) is -0.353. The molecule has 0 radical (unpaired) electrons. The van der Waals surface area contributed by atoms with Crippen LogP contribution in [-0.4, -0.2) is 0 Å². The van der Waals surface area contributed by atoms with Gasteiger partial charge in [0.1, 0.15) is 24.0 Å². The van der Waals surface area contributed by atoms with E-state index in [1.54, 1.807) is 0 Å². The van der Waals surface area contributed by atoms with Crippen LogP contribution in [0, 0.1) is 23.0 Å².